The number of rotatable bonds is 3. The Morgan fingerprint density at radius 1 is 1.26 bits per heavy atom. The van der Waals surface area contributed by atoms with Crippen molar-refractivity contribution in [2.24, 2.45) is 0 Å². The molecular weight excluding hydrogens is 298 g/mol. The molecule has 0 spiro atoms. The summed E-state index contributed by atoms with van der Waals surface area (Å²) < 4.78 is 0. The number of anilines is 1. The number of imidazole rings is 1. The molecule has 2 heterocycles. The minimum atomic E-state index is -0.550. The van der Waals surface area contributed by atoms with E-state index in [1.165, 1.54) is 6.07 Å². The SMILES string of the molecule is CCNC(=O)Nc1nc2ccc(-c3ccc(O)c(=O)[nH]3)cc2[nH]1. The van der Waals surface area contributed by atoms with Crippen LogP contribution in [0.1, 0.15) is 6.92 Å². The largest absolute Gasteiger partial charge is 0.503 e. The Morgan fingerprint density at radius 3 is 2.83 bits per heavy atom. The van der Waals surface area contributed by atoms with Crippen LogP contribution in [0.25, 0.3) is 22.3 Å². The molecular formula is C15H15N5O3. The van der Waals surface area contributed by atoms with Gasteiger partial charge < -0.3 is 20.4 Å². The smallest absolute Gasteiger partial charge is 0.321 e. The van der Waals surface area contributed by atoms with Crippen LogP contribution in [-0.4, -0.2) is 32.6 Å². The van der Waals surface area contributed by atoms with Crippen molar-refractivity contribution in [3.8, 4) is 17.0 Å². The minimum absolute atomic E-state index is 0.329. The summed E-state index contributed by atoms with van der Waals surface area (Å²) >= 11 is 0. The van der Waals surface area contributed by atoms with Gasteiger partial charge in [0.2, 0.25) is 5.95 Å². The standard InChI is InChI=1S/C15H15N5O3/c1-2-16-15(23)20-14-18-10-4-3-8(7-11(10)19-14)9-5-6-12(21)13(22)17-9/h3-7,21H,2H2,1H3,(H,17,22)(H3,16,18,19,20,23). The van der Waals surface area contributed by atoms with Gasteiger partial charge in [0.1, 0.15) is 0 Å². The number of amides is 2. The van der Waals surface area contributed by atoms with Gasteiger partial charge in [-0.3, -0.25) is 10.1 Å². The first-order chi connectivity index (χ1) is 11.1. The molecule has 1 aromatic carbocycles. The Morgan fingerprint density at radius 2 is 2.09 bits per heavy atom. The van der Waals surface area contributed by atoms with Crippen LogP contribution in [0.5, 0.6) is 5.75 Å². The van der Waals surface area contributed by atoms with Crippen molar-refractivity contribution < 1.29 is 9.90 Å². The highest BCUT2D eigenvalue weighted by Gasteiger charge is 2.08. The fourth-order valence-corrected chi connectivity index (χ4v) is 2.18. The number of nitrogens with zero attached hydrogens (tertiary/aromatic N) is 1. The lowest BCUT2D eigenvalue weighted by atomic mass is 10.1. The number of hydrogen-bond donors (Lipinski definition) is 5. The first kappa shape index (κ1) is 14.6. The van der Waals surface area contributed by atoms with Crippen molar-refractivity contribution in [2.75, 3.05) is 11.9 Å². The Bertz CT molecular complexity index is 928. The Hall–Kier alpha value is -3.29. The molecule has 3 rings (SSSR count). The molecule has 3 aromatic rings. The highest BCUT2D eigenvalue weighted by molar-refractivity contribution is 5.90. The van der Waals surface area contributed by atoms with E-state index in [4.69, 9.17) is 0 Å². The molecule has 5 N–H and O–H groups in total. The lowest BCUT2D eigenvalue weighted by molar-refractivity contribution is 0.252. The van der Waals surface area contributed by atoms with Gasteiger partial charge in [-0.1, -0.05) is 6.07 Å². The third-order valence-corrected chi connectivity index (χ3v) is 3.25. The molecule has 0 saturated heterocycles. The van der Waals surface area contributed by atoms with E-state index >= 15 is 0 Å². The summed E-state index contributed by atoms with van der Waals surface area (Å²) in [6.45, 7) is 2.34. The zero-order chi connectivity index (χ0) is 16.4. The number of H-pyrrole nitrogens is 2. The third kappa shape index (κ3) is 3.00. The predicted molar refractivity (Wildman–Crippen MR) is 86.5 cm³/mol. The summed E-state index contributed by atoms with van der Waals surface area (Å²) in [4.78, 5) is 32.8. The number of aromatic nitrogens is 3. The van der Waals surface area contributed by atoms with Crippen LogP contribution < -0.4 is 16.2 Å². The lowest BCUT2D eigenvalue weighted by Gasteiger charge is -2.01. The zero-order valence-electron chi connectivity index (χ0n) is 12.3. The van der Waals surface area contributed by atoms with E-state index in [2.05, 4.69) is 25.6 Å². The topological polar surface area (TPSA) is 123 Å². The first-order valence-corrected chi connectivity index (χ1v) is 7.04. The molecule has 0 atom stereocenters. The second-order valence-corrected chi connectivity index (χ2v) is 4.89. The van der Waals surface area contributed by atoms with Crippen LogP contribution in [0, 0.1) is 0 Å². The summed E-state index contributed by atoms with van der Waals surface area (Å²) in [6.07, 6.45) is 0. The maximum atomic E-state index is 11.5. The monoisotopic (exact) mass is 313 g/mol. The molecule has 0 aliphatic carbocycles. The Balaban J connectivity index is 1.94. The van der Waals surface area contributed by atoms with Gasteiger partial charge in [0, 0.05) is 17.8 Å². The molecule has 0 aliphatic rings. The normalized spacial score (nSPS) is 10.7. The number of carbonyl (C=O) groups excluding carboxylic acids is 1. The summed E-state index contributed by atoms with van der Waals surface area (Å²) in [5, 5.41) is 14.5. The number of aromatic amines is 2. The molecule has 0 bridgehead atoms. The summed E-state index contributed by atoms with van der Waals surface area (Å²) in [5.41, 5.74) is 2.17. The average Bonchev–Trinajstić information content (AvgIpc) is 2.91. The Labute approximate surface area is 130 Å². The van der Waals surface area contributed by atoms with Gasteiger partial charge in [-0.05, 0) is 31.2 Å². The summed E-state index contributed by atoms with van der Waals surface area (Å²) in [5.74, 6) is 0.00657. The van der Waals surface area contributed by atoms with Crippen molar-refractivity contribution in [3.05, 3.63) is 40.7 Å². The van der Waals surface area contributed by atoms with E-state index in [1.807, 2.05) is 6.92 Å². The molecule has 0 unspecified atom stereocenters. The fraction of sp³-hybridized carbons (Fsp3) is 0.133. The van der Waals surface area contributed by atoms with Gasteiger partial charge >= 0.3 is 6.03 Å². The van der Waals surface area contributed by atoms with Gasteiger partial charge in [-0.15, -0.1) is 0 Å². The van der Waals surface area contributed by atoms with E-state index in [1.54, 1.807) is 24.3 Å². The molecule has 0 saturated carbocycles. The highest BCUT2D eigenvalue weighted by Crippen LogP contribution is 2.22. The maximum absolute atomic E-state index is 11.5. The molecule has 2 aromatic heterocycles. The van der Waals surface area contributed by atoms with Crippen molar-refractivity contribution in [3.63, 3.8) is 0 Å². The van der Waals surface area contributed by atoms with Crippen LogP contribution in [-0.2, 0) is 0 Å². The summed E-state index contributed by atoms with van der Waals surface area (Å²) in [6, 6.07) is 7.98. The van der Waals surface area contributed by atoms with Gasteiger partial charge in [-0.2, -0.15) is 0 Å². The van der Waals surface area contributed by atoms with Crippen LogP contribution >= 0.6 is 0 Å². The maximum Gasteiger partial charge on any atom is 0.321 e. The number of benzene rings is 1. The van der Waals surface area contributed by atoms with Crippen molar-refractivity contribution in [1.82, 2.24) is 20.3 Å². The van der Waals surface area contributed by atoms with Crippen molar-refractivity contribution in [2.45, 2.75) is 6.92 Å². The molecule has 23 heavy (non-hydrogen) atoms. The van der Waals surface area contributed by atoms with Gasteiger partial charge in [0.25, 0.3) is 5.56 Å². The van der Waals surface area contributed by atoms with Crippen LogP contribution in [0.15, 0.2) is 35.1 Å². The number of urea groups is 1. The quantitative estimate of drug-likeness (QED) is 0.505. The molecule has 118 valence electrons. The number of carbonyl (C=O) groups is 1. The second-order valence-electron chi connectivity index (χ2n) is 4.89. The molecule has 8 nitrogen and oxygen atoms in total. The van der Waals surface area contributed by atoms with Gasteiger partial charge in [0.05, 0.1) is 11.0 Å². The lowest BCUT2D eigenvalue weighted by Crippen LogP contribution is -2.28. The first-order valence-electron chi connectivity index (χ1n) is 7.04. The van der Waals surface area contributed by atoms with Crippen LogP contribution in [0.2, 0.25) is 0 Å². The molecule has 2 amide bonds. The van der Waals surface area contributed by atoms with E-state index in [9.17, 15) is 14.7 Å². The van der Waals surface area contributed by atoms with Gasteiger partial charge in [-0.25, -0.2) is 9.78 Å². The number of fused-ring (bicyclic) bond motifs is 1. The molecule has 0 fully saturated rings. The number of pyridine rings is 1. The Kier molecular flexibility index (Phi) is 3.71. The van der Waals surface area contributed by atoms with Crippen LogP contribution in [0.3, 0.4) is 0 Å². The predicted octanol–water partition coefficient (Wildman–Crippen LogP) is 1.77. The second kappa shape index (κ2) is 5.84. The van der Waals surface area contributed by atoms with Crippen molar-refractivity contribution >= 4 is 23.0 Å². The summed E-state index contributed by atoms with van der Waals surface area (Å²) in [7, 11) is 0. The number of nitrogens with one attached hydrogen (secondary N) is 4. The fourth-order valence-electron chi connectivity index (χ4n) is 2.18. The zero-order valence-corrected chi connectivity index (χ0v) is 12.3. The molecule has 0 radical (unpaired) electrons. The van der Waals surface area contributed by atoms with E-state index in [-0.39, 0.29) is 11.8 Å². The van der Waals surface area contributed by atoms with E-state index in [0.29, 0.717) is 29.2 Å². The van der Waals surface area contributed by atoms with Crippen molar-refractivity contribution in [1.29, 1.82) is 0 Å². The third-order valence-electron chi connectivity index (χ3n) is 3.25. The minimum Gasteiger partial charge on any atom is -0.503 e. The van der Waals surface area contributed by atoms with E-state index in [0.717, 1.165) is 5.56 Å². The van der Waals surface area contributed by atoms with E-state index < -0.39 is 5.56 Å². The number of hydrogen-bond acceptors (Lipinski definition) is 4. The highest BCUT2D eigenvalue weighted by atomic mass is 16.3. The van der Waals surface area contributed by atoms with Crippen LogP contribution in [0.4, 0.5) is 10.7 Å². The average molecular weight is 313 g/mol. The molecule has 8 heteroatoms. The molecule has 0 aliphatic heterocycles. The van der Waals surface area contributed by atoms with Gasteiger partial charge in [0.15, 0.2) is 5.75 Å². The number of aromatic hydroxyl groups is 1.